The van der Waals surface area contributed by atoms with Crippen molar-refractivity contribution in [3.05, 3.63) is 0 Å². The number of aryl methyl sites for hydroxylation is 1. The SMILES string of the molecule is Cn1nnnc1N1CCNC(=O)C1CC(=O)O. The molecule has 2 heterocycles. The summed E-state index contributed by atoms with van der Waals surface area (Å²) in [6.07, 6.45) is -0.279. The van der Waals surface area contributed by atoms with Gasteiger partial charge < -0.3 is 15.3 Å². The Balaban J connectivity index is 2.26. The van der Waals surface area contributed by atoms with Crippen molar-refractivity contribution in [3.8, 4) is 0 Å². The molecule has 9 heteroatoms. The van der Waals surface area contributed by atoms with Crippen molar-refractivity contribution < 1.29 is 14.7 Å². The van der Waals surface area contributed by atoms with Crippen LogP contribution < -0.4 is 10.2 Å². The number of tetrazole rings is 1. The minimum atomic E-state index is -1.04. The summed E-state index contributed by atoms with van der Waals surface area (Å²) in [5.41, 5.74) is 0. The van der Waals surface area contributed by atoms with Crippen LogP contribution in [0.4, 0.5) is 5.95 Å². The average Bonchev–Trinajstić information content (AvgIpc) is 2.67. The van der Waals surface area contributed by atoms with Crippen LogP contribution in [0.3, 0.4) is 0 Å². The van der Waals surface area contributed by atoms with Crippen LogP contribution in [0.2, 0.25) is 0 Å². The van der Waals surface area contributed by atoms with E-state index < -0.39 is 12.0 Å². The van der Waals surface area contributed by atoms with Crippen LogP contribution in [0.5, 0.6) is 0 Å². The number of carboxylic acids is 1. The lowest BCUT2D eigenvalue weighted by atomic mass is 10.1. The molecule has 1 saturated heterocycles. The second-order valence-corrected chi connectivity index (χ2v) is 3.70. The number of piperazine rings is 1. The summed E-state index contributed by atoms with van der Waals surface area (Å²) in [5, 5.41) is 22.4. The van der Waals surface area contributed by atoms with Gasteiger partial charge in [0.05, 0.1) is 6.42 Å². The molecule has 2 rings (SSSR count). The number of anilines is 1. The van der Waals surface area contributed by atoms with E-state index in [9.17, 15) is 9.59 Å². The fourth-order valence-electron chi connectivity index (χ4n) is 1.79. The number of hydrogen-bond donors (Lipinski definition) is 2. The molecule has 0 spiro atoms. The molecule has 1 aromatic heterocycles. The minimum absolute atomic E-state index is 0.279. The Morgan fingerprint density at radius 2 is 2.41 bits per heavy atom. The first kappa shape index (κ1) is 11.3. The quantitative estimate of drug-likeness (QED) is 0.627. The van der Waals surface area contributed by atoms with Crippen molar-refractivity contribution in [1.82, 2.24) is 25.5 Å². The van der Waals surface area contributed by atoms with Gasteiger partial charge in [0.2, 0.25) is 11.9 Å². The molecule has 0 aromatic carbocycles. The molecular weight excluding hydrogens is 228 g/mol. The van der Waals surface area contributed by atoms with E-state index in [2.05, 4.69) is 20.8 Å². The number of nitrogens with zero attached hydrogens (tertiary/aromatic N) is 5. The number of amides is 1. The lowest BCUT2D eigenvalue weighted by molar-refractivity contribution is -0.139. The van der Waals surface area contributed by atoms with Gasteiger partial charge in [0, 0.05) is 20.1 Å². The van der Waals surface area contributed by atoms with Gasteiger partial charge in [0.25, 0.3) is 0 Å². The minimum Gasteiger partial charge on any atom is -0.481 e. The number of aromatic nitrogens is 4. The number of nitrogens with one attached hydrogen (secondary N) is 1. The molecule has 0 radical (unpaired) electrons. The zero-order chi connectivity index (χ0) is 12.4. The van der Waals surface area contributed by atoms with Gasteiger partial charge >= 0.3 is 5.97 Å². The number of carbonyl (C=O) groups is 2. The number of carbonyl (C=O) groups excluding carboxylic acids is 1. The van der Waals surface area contributed by atoms with E-state index in [1.807, 2.05) is 0 Å². The summed E-state index contributed by atoms with van der Waals surface area (Å²) >= 11 is 0. The van der Waals surface area contributed by atoms with Gasteiger partial charge in [0.15, 0.2) is 0 Å². The normalized spacial score (nSPS) is 20.2. The molecule has 1 atom stereocenters. The van der Waals surface area contributed by atoms with Gasteiger partial charge in [-0.05, 0) is 10.4 Å². The molecule has 1 fully saturated rings. The highest BCUT2D eigenvalue weighted by molar-refractivity contribution is 5.89. The molecule has 1 aliphatic heterocycles. The van der Waals surface area contributed by atoms with Crippen molar-refractivity contribution in [2.75, 3.05) is 18.0 Å². The summed E-state index contributed by atoms with van der Waals surface area (Å²) < 4.78 is 1.41. The fourth-order valence-corrected chi connectivity index (χ4v) is 1.79. The zero-order valence-electron chi connectivity index (χ0n) is 9.20. The van der Waals surface area contributed by atoms with Crippen molar-refractivity contribution in [3.63, 3.8) is 0 Å². The molecule has 0 aliphatic carbocycles. The molecule has 0 saturated carbocycles. The van der Waals surface area contributed by atoms with Gasteiger partial charge in [0.1, 0.15) is 6.04 Å². The van der Waals surface area contributed by atoms with Crippen LogP contribution in [-0.4, -0.2) is 56.3 Å². The highest BCUT2D eigenvalue weighted by atomic mass is 16.4. The van der Waals surface area contributed by atoms with E-state index in [1.54, 1.807) is 11.9 Å². The molecule has 1 aliphatic rings. The van der Waals surface area contributed by atoms with Gasteiger partial charge in [-0.25, -0.2) is 4.68 Å². The van der Waals surface area contributed by atoms with Crippen molar-refractivity contribution in [2.24, 2.45) is 7.05 Å². The predicted octanol–water partition coefficient (Wildman–Crippen LogP) is -2.01. The lowest BCUT2D eigenvalue weighted by Crippen LogP contribution is -2.56. The van der Waals surface area contributed by atoms with Crippen LogP contribution in [-0.2, 0) is 16.6 Å². The topological polar surface area (TPSA) is 113 Å². The van der Waals surface area contributed by atoms with E-state index in [0.717, 1.165) is 0 Å². The Hall–Kier alpha value is -2.19. The summed E-state index contributed by atoms with van der Waals surface area (Å²) in [6, 6.07) is -0.772. The molecule has 9 nitrogen and oxygen atoms in total. The molecule has 1 unspecified atom stereocenters. The first-order valence-electron chi connectivity index (χ1n) is 5.08. The first-order valence-corrected chi connectivity index (χ1v) is 5.08. The standard InChI is InChI=1S/C8H12N6O3/c1-13-8(10-11-12-13)14-3-2-9-7(17)5(14)4-6(15)16/h5H,2-4H2,1H3,(H,9,17)(H,15,16). The van der Waals surface area contributed by atoms with Gasteiger partial charge in [-0.1, -0.05) is 5.10 Å². The van der Waals surface area contributed by atoms with Gasteiger partial charge in [-0.15, -0.1) is 0 Å². The smallest absolute Gasteiger partial charge is 0.305 e. The predicted molar refractivity (Wildman–Crippen MR) is 55.2 cm³/mol. The Morgan fingerprint density at radius 3 is 3.00 bits per heavy atom. The van der Waals surface area contributed by atoms with E-state index >= 15 is 0 Å². The van der Waals surface area contributed by atoms with Crippen molar-refractivity contribution >= 4 is 17.8 Å². The van der Waals surface area contributed by atoms with Gasteiger partial charge in [-0.3, -0.25) is 9.59 Å². The Bertz CT molecular complexity index is 444. The fraction of sp³-hybridized carbons (Fsp3) is 0.625. The Kier molecular flexibility index (Phi) is 2.90. The van der Waals surface area contributed by atoms with E-state index in [4.69, 9.17) is 5.11 Å². The zero-order valence-corrected chi connectivity index (χ0v) is 9.20. The van der Waals surface area contributed by atoms with E-state index in [0.29, 0.717) is 19.0 Å². The van der Waals surface area contributed by atoms with Crippen LogP contribution in [0.25, 0.3) is 0 Å². The third-order valence-electron chi connectivity index (χ3n) is 2.55. The van der Waals surface area contributed by atoms with Crippen molar-refractivity contribution in [2.45, 2.75) is 12.5 Å². The van der Waals surface area contributed by atoms with E-state index in [1.165, 1.54) is 4.68 Å². The maximum Gasteiger partial charge on any atom is 0.305 e. The second kappa shape index (κ2) is 4.36. The summed E-state index contributed by atoms with van der Waals surface area (Å²) in [6.45, 7) is 0.930. The summed E-state index contributed by atoms with van der Waals surface area (Å²) in [7, 11) is 1.64. The number of rotatable bonds is 3. The highest BCUT2D eigenvalue weighted by Crippen LogP contribution is 2.16. The lowest BCUT2D eigenvalue weighted by Gasteiger charge is -2.33. The molecule has 17 heavy (non-hydrogen) atoms. The number of hydrogen-bond acceptors (Lipinski definition) is 6. The summed E-state index contributed by atoms with van der Waals surface area (Å²) in [4.78, 5) is 24.0. The number of carboxylic acid groups (broad SMARTS) is 1. The van der Waals surface area contributed by atoms with Crippen LogP contribution in [0, 0.1) is 0 Å². The Morgan fingerprint density at radius 1 is 1.65 bits per heavy atom. The van der Waals surface area contributed by atoms with Gasteiger partial charge in [-0.2, -0.15) is 0 Å². The third kappa shape index (κ3) is 2.17. The number of aliphatic carboxylic acids is 1. The first-order chi connectivity index (χ1) is 8.09. The highest BCUT2D eigenvalue weighted by Gasteiger charge is 2.34. The molecule has 1 amide bonds. The third-order valence-corrected chi connectivity index (χ3v) is 2.55. The van der Waals surface area contributed by atoms with Crippen molar-refractivity contribution in [1.29, 1.82) is 0 Å². The maximum absolute atomic E-state index is 11.7. The molecular formula is C8H12N6O3. The molecule has 0 bridgehead atoms. The molecule has 2 N–H and O–H groups in total. The monoisotopic (exact) mass is 240 g/mol. The largest absolute Gasteiger partial charge is 0.481 e. The van der Waals surface area contributed by atoms with E-state index in [-0.39, 0.29) is 12.3 Å². The Labute approximate surface area is 96.4 Å². The molecule has 92 valence electrons. The maximum atomic E-state index is 11.7. The molecule has 1 aromatic rings. The average molecular weight is 240 g/mol. The van der Waals surface area contributed by atoms with Crippen LogP contribution in [0.1, 0.15) is 6.42 Å². The van der Waals surface area contributed by atoms with Crippen LogP contribution >= 0.6 is 0 Å². The second-order valence-electron chi connectivity index (χ2n) is 3.70. The van der Waals surface area contributed by atoms with Crippen LogP contribution in [0.15, 0.2) is 0 Å². The summed E-state index contributed by atoms with van der Waals surface area (Å²) in [5.74, 6) is -0.958.